The van der Waals surface area contributed by atoms with E-state index in [0.717, 1.165) is 35.0 Å². The summed E-state index contributed by atoms with van der Waals surface area (Å²) < 4.78 is 0. The van der Waals surface area contributed by atoms with Crippen LogP contribution in [0.4, 0.5) is 0 Å². The minimum absolute atomic E-state index is 0. The average Bonchev–Trinajstić information content (AvgIpc) is 2.43. The highest BCUT2D eigenvalue weighted by Gasteiger charge is 2.21. The number of rotatable bonds is 1. The molecule has 0 radical (unpaired) electrons. The molecule has 0 amide bonds. The molecule has 16 heavy (non-hydrogen) atoms. The van der Waals surface area contributed by atoms with Crippen LogP contribution < -0.4 is 5.32 Å². The van der Waals surface area contributed by atoms with Crippen molar-refractivity contribution in [3.05, 3.63) is 29.0 Å². The van der Waals surface area contributed by atoms with Gasteiger partial charge >= 0.3 is 0 Å². The van der Waals surface area contributed by atoms with Crippen LogP contribution >= 0.6 is 36.4 Å². The molecule has 6 heteroatoms. The van der Waals surface area contributed by atoms with Crippen LogP contribution in [0.15, 0.2) is 18.2 Å². The molecular formula is C10H12Cl3N3. The van der Waals surface area contributed by atoms with Gasteiger partial charge in [0.1, 0.15) is 5.82 Å². The van der Waals surface area contributed by atoms with Gasteiger partial charge in [-0.1, -0.05) is 11.6 Å². The molecule has 0 aliphatic carbocycles. The van der Waals surface area contributed by atoms with E-state index in [0.29, 0.717) is 5.92 Å². The minimum Gasteiger partial charge on any atom is -0.342 e. The van der Waals surface area contributed by atoms with Crippen molar-refractivity contribution in [3.8, 4) is 0 Å². The fraction of sp³-hybridized carbons (Fsp3) is 0.300. The second-order valence-corrected chi connectivity index (χ2v) is 4.08. The summed E-state index contributed by atoms with van der Waals surface area (Å²) in [5.41, 5.74) is 2.02. The normalized spacial score (nSPS) is 15.1. The molecule has 1 aromatic carbocycles. The summed E-state index contributed by atoms with van der Waals surface area (Å²) in [6, 6.07) is 5.73. The van der Waals surface area contributed by atoms with E-state index in [1.807, 2.05) is 18.2 Å². The quantitative estimate of drug-likeness (QED) is 0.843. The van der Waals surface area contributed by atoms with Gasteiger partial charge in [0.15, 0.2) is 0 Å². The molecule has 3 rings (SSSR count). The number of nitrogens with one attached hydrogen (secondary N) is 2. The van der Waals surface area contributed by atoms with Gasteiger partial charge in [-0.05, 0) is 18.2 Å². The Morgan fingerprint density at radius 1 is 1.25 bits per heavy atom. The maximum atomic E-state index is 5.90. The molecule has 3 nitrogen and oxygen atoms in total. The number of nitrogens with zero attached hydrogens (tertiary/aromatic N) is 1. The number of aromatic nitrogens is 2. The number of benzene rings is 1. The van der Waals surface area contributed by atoms with Gasteiger partial charge in [0.05, 0.1) is 11.0 Å². The number of hydrogen-bond acceptors (Lipinski definition) is 2. The van der Waals surface area contributed by atoms with Gasteiger partial charge in [-0.15, -0.1) is 24.8 Å². The third-order valence-electron chi connectivity index (χ3n) is 2.63. The maximum Gasteiger partial charge on any atom is 0.112 e. The first-order chi connectivity index (χ1) is 6.83. The van der Waals surface area contributed by atoms with Gasteiger partial charge in [-0.2, -0.15) is 0 Å². The van der Waals surface area contributed by atoms with Crippen LogP contribution in [-0.2, 0) is 0 Å². The van der Waals surface area contributed by atoms with Gasteiger partial charge in [-0.3, -0.25) is 0 Å². The summed E-state index contributed by atoms with van der Waals surface area (Å²) >= 11 is 5.90. The van der Waals surface area contributed by atoms with E-state index in [2.05, 4.69) is 15.3 Å². The van der Waals surface area contributed by atoms with E-state index >= 15 is 0 Å². The number of hydrogen-bond donors (Lipinski definition) is 2. The van der Waals surface area contributed by atoms with E-state index in [1.165, 1.54) is 0 Å². The first-order valence-electron chi connectivity index (χ1n) is 4.69. The Bertz CT molecular complexity index is 479. The Kier molecular flexibility index (Phi) is 4.44. The lowest BCUT2D eigenvalue weighted by atomic mass is 10.0. The monoisotopic (exact) mass is 279 g/mol. The predicted molar refractivity (Wildman–Crippen MR) is 71.2 cm³/mol. The standard InChI is InChI=1S/C10H10ClN3.2ClH/c11-7-1-2-8-9(3-7)14-10(13-8)6-4-12-5-6;;/h1-3,6,12H,4-5H2,(H,13,14);2*1H. The van der Waals surface area contributed by atoms with Crippen LogP contribution in [0.25, 0.3) is 11.0 Å². The highest BCUT2D eigenvalue weighted by atomic mass is 35.5. The molecule has 0 atom stereocenters. The fourth-order valence-electron chi connectivity index (χ4n) is 1.68. The molecule has 88 valence electrons. The summed E-state index contributed by atoms with van der Waals surface area (Å²) in [5, 5.41) is 3.98. The summed E-state index contributed by atoms with van der Waals surface area (Å²) in [6.07, 6.45) is 0. The van der Waals surface area contributed by atoms with Gasteiger partial charge in [-0.25, -0.2) is 4.98 Å². The SMILES string of the molecule is Cl.Cl.Clc1ccc2nc(C3CNC3)[nH]c2c1. The Morgan fingerprint density at radius 2 is 2.00 bits per heavy atom. The molecule has 0 bridgehead atoms. The van der Waals surface area contributed by atoms with Crippen molar-refractivity contribution in [2.75, 3.05) is 13.1 Å². The molecular weight excluding hydrogens is 268 g/mol. The van der Waals surface area contributed by atoms with Crippen molar-refractivity contribution in [3.63, 3.8) is 0 Å². The summed E-state index contributed by atoms with van der Waals surface area (Å²) in [7, 11) is 0. The fourth-order valence-corrected chi connectivity index (χ4v) is 1.85. The van der Waals surface area contributed by atoms with Crippen LogP contribution in [0.1, 0.15) is 11.7 Å². The second kappa shape index (κ2) is 5.23. The largest absolute Gasteiger partial charge is 0.342 e. The first kappa shape index (κ1) is 13.6. The second-order valence-electron chi connectivity index (χ2n) is 3.64. The number of aromatic amines is 1. The van der Waals surface area contributed by atoms with Gasteiger partial charge in [0.25, 0.3) is 0 Å². The molecule has 0 saturated carbocycles. The molecule has 1 aliphatic rings. The smallest absolute Gasteiger partial charge is 0.112 e. The topological polar surface area (TPSA) is 40.7 Å². The summed E-state index contributed by atoms with van der Waals surface area (Å²) in [6.45, 7) is 2.04. The third kappa shape index (κ3) is 2.28. The van der Waals surface area contributed by atoms with Crippen molar-refractivity contribution in [1.82, 2.24) is 15.3 Å². The maximum absolute atomic E-state index is 5.90. The molecule has 0 unspecified atom stereocenters. The average molecular weight is 281 g/mol. The van der Waals surface area contributed by atoms with E-state index in [-0.39, 0.29) is 24.8 Å². The lowest BCUT2D eigenvalue weighted by Crippen LogP contribution is -2.40. The van der Waals surface area contributed by atoms with E-state index < -0.39 is 0 Å². The Morgan fingerprint density at radius 3 is 2.62 bits per heavy atom. The number of imidazole rings is 1. The Balaban J connectivity index is 0.000000640. The zero-order chi connectivity index (χ0) is 9.54. The van der Waals surface area contributed by atoms with Gasteiger partial charge < -0.3 is 10.3 Å². The van der Waals surface area contributed by atoms with Crippen molar-refractivity contribution in [1.29, 1.82) is 0 Å². The van der Waals surface area contributed by atoms with Crippen LogP contribution in [-0.4, -0.2) is 23.1 Å². The Labute approximate surface area is 111 Å². The number of halogens is 3. The highest BCUT2D eigenvalue weighted by Crippen LogP contribution is 2.22. The summed E-state index contributed by atoms with van der Waals surface area (Å²) in [5.74, 6) is 1.61. The molecule has 1 aliphatic heterocycles. The van der Waals surface area contributed by atoms with E-state index in [9.17, 15) is 0 Å². The van der Waals surface area contributed by atoms with Gasteiger partial charge in [0, 0.05) is 24.0 Å². The molecule has 1 saturated heterocycles. The minimum atomic E-state index is 0. The van der Waals surface area contributed by atoms with Crippen LogP contribution in [0.5, 0.6) is 0 Å². The van der Waals surface area contributed by atoms with E-state index in [4.69, 9.17) is 11.6 Å². The van der Waals surface area contributed by atoms with Crippen molar-refractivity contribution >= 4 is 47.4 Å². The molecule has 2 N–H and O–H groups in total. The molecule has 2 heterocycles. The van der Waals surface area contributed by atoms with Gasteiger partial charge in [0.2, 0.25) is 0 Å². The molecule has 1 aromatic heterocycles. The third-order valence-corrected chi connectivity index (χ3v) is 2.87. The van der Waals surface area contributed by atoms with Crippen LogP contribution in [0.2, 0.25) is 5.02 Å². The number of fused-ring (bicyclic) bond motifs is 1. The zero-order valence-electron chi connectivity index (χ0n) is 8.37. The van der Waals surface area contributed by atoms with Crippen molar-refractivity contribution in [2.24, 2.45) is 0 Å². The molecule has 1 fully saturated rings. The Hall–Kier alpha value is -0.480. The molecule has 2 aromatic rings. The summed E-state index contributed by atoms with van der Waals surface area (Å²) in [4.78, 5) is 7.82. The highest BCUT2D eigenvalue weighted by molar-refractivity contribution is 6.31. The van der Waals surface area contributed by atoms with Crippen LogP contribution in [0, 0.1) is 0 Å². The van der Waals surface area contributed by atoms with Crippen molar-refractivity contribution in [2.45, 2.75) is 5.92 Å². The number of H-pyrrole nitrogens is 1. The predicted octanol–water partition coefficient (Wildman–Crippen LogP) is 2.75. The zero-order valence-corrected chi connectivity index (χ0v) is 10.8. The molecule has 0 spiro atoms. The van der Waals surface area contributed by atoms with Crippen molar-refractivity contribution < 1.29 is 0 Å². The lowest BCUT2D eigenvalue weighted by molar-refractivity contribution is 0.433. The van der Waals surface area contributed by atoms with Crippen LogP contribution in [0.3, 0.4) is 0 Å². The lowest BCUT2D eigenvalue weighted by Gasteiger charge is -2.24. The first-order valence-corrected chi connectivity index (χ1v) is 5.06. The van der Waals surface area contributed by atoms with E-state index in [1.54, 1.807) is 0 Å².